The van der Waals surface area contributed by atoms with E-state index in [1.807, 2.05) is 6.08 Å². The van der Waals surface area contributed by atoms with Gasteiger partial charge in [0.15, 0.2) is 0 Å². The van der Waals surface area contributed by atoms with Crippen molar-refractivity contribution in [2.75, 3.05) is 6.61 Å². The molecule has 0 heterocycles. The summed E-state index contributed by atoms with van der Waals surface area (Å²) in [4.78, 5) is 12.4. The van der Waals surface area contributed by atoms with E-state index >= 15 is 0 Å². The molecule has 0 aliphatic rings. The first-order valence-corrected chi connectivity index (χ1v) is 22.7. The van der Waals surface area contributed by atoms with Gasteiger partial charge in [-0.1, -0.05) is 185 Å². The van der Waals surface area contributed by atoms with Gasteiger partial charge in [0.05, 0.1) is 18.8 Å². The Kier molecular flexibility index (Phi) is 44.1. The average Bonchev–Trinajstić information content (AvgIpc) is 3.23. The summed E-state index contributed by atoms with van der Waals surface area (Å²) in [5.41, 5.74) is 0. The molecule has 322 valence electrons. The largest absolute Gasteiger partial charge is 0.394 e. The van der Waals surface area contributed by atoms with E-state index in [9.17, 15) is 15.0 Å². The van der Waals surface area contributed by atoms with Gasteiger partial charge in [0.1, 0.15) is 0 Å². The lowest BCUT2D eigenvalue weighted by molar-refractivity contribution is -0.123. The van der Waals surface area contributed by atoms with Crippen molar-refractivity contribution in [2.24, 2.45) is 0 Å². The molecule has 3 N–H and O–H groups in total. The highest BCUT2D eigenvalue weighted by atomic mass is 16.3. The topological polar surface area (TPSA) is 69.6 Å². The molecule has 0 saturated carbocycles. The third kappa shape index (κ3) is 43.1. The molecule has 4 nitrogen and oxygen atoms in total. The number of carbonyl (C=O) groups is 1. The predicted octanol–water partition coefficient (Wildman–Crippen LogP) is 14.7. The molecule has 0 aromatic carbocycles. The van der Waals surface area contributed by atoms with Gasteiger partial charge in [-0.25, -0.2) is 0 Å². The van der Waals surface area contributed by atoms with E-state index in [-0.39, 0.29) is 12.5 Å². The van der Waals surface area contributed by atoms with Crippen LogP contribution in [-0.2, 0) is 4.79 Å². The third-order valence-electron chi connectivity index (χ3n) is 8.97. The van der Waals surface area contributed by atoms with Crippen LogP contribution in [0.2, 0.25) is 0 Å². The lowest BCUT2D eigenvalue weighted by Gasteiger charge is -2.19. The normalized spacial score (nSPS) is 14.5. The number of amides is 1. The fourth-order valence-corrected chi connectivity index (χ4v) is 5.53. The highest BCUT2D eigenvalue weighted by molar-refractivity contribution is 5.76. The fraction of sp³-hybridized carbons (Fsp3) is 0.500. The maximum atomic E-state index is 12.4. The molecule has 0 aromatic rings. The van der Waals surface area contributed by atoms with Gasteiger partial charge in [-0.2, -0.15) is 0 Å². The Morgan fingerprint density at radius 1 is 0.431 bits per heavy atom. The maximum absolute atomic E-state index is 12.4. The van der Waals surface area contributed by atoms with Crippen LogP contribution in [0.3, 0.4) is 0 Å². The minimum atomic E-state index is -0.899. The minimum absolute atomic E-state index is 0.130. The molecule has 2 atom stereocenters. The Morgan fingerprint density at radius 3 is 1.14 bits per heavy atom. The van der Waals surface area contributed by atoms with Gasteiger partial charge in [-0.3, -0.25) is 4.79 Å². The molecule has 0 saturated heterocycles. The quantitative estimate of drug-likeness (QED) is 0.0431. The molecule has 4 heteroatoms. The zero-order valence-corrected chi connectivity index (χ0v) is 36.7. The Bertz CT molecular complexity index is 1310. The summed E-state index contributed by atoms with van der Waals surface area (Å²) in [6, 6.07) is -0.680. The molecule has 0 spiro atoms. The van der Waals surface area contributed by atoms with Gasteiger partial charge in [-0.05, 0) is 122 Å². The third-order valence-corrected chi connectivity index (χ3v) is 8.97. The van der Waals surface area contributed by atoms with Crippen LogP contribution in [0, 0.1) is 0 Å². The molecule has 1 amide bonds. The first-order chi connectivity index (χ1) is 28.7. The van der Waals surface area contributed by atoms with E-state index < -0.39 is 12.1 Å². The highest BCUT2D eigenvalue weighted by Crippen LogP contribution is 2.06. The van der Waals surface area contributed by atoms with Gasteiger partial charge in [0.25, 0.3) is 0 Å². The molecule has 0 bridgehead atoms. The van der Waals surface area contributed by atoms with Crippen molar-refractivity contribution in [2.45, 2.75) is 167 Å². The van der Waals surface area contributed by atoms with Crippen LogP contribution in [0.25, 0.3) is 0 Å². The SMILES string of the molecule is CC/C=C\C/C=C\C/C=C\C/C=C\C/C=C\C/C=C\C/C=C\C/C=C\C/C=C\C/C=C\CCCCC(=O)NC(CO)C(O)/C=C/CC/C=C/CC/C=C/CCCCC. The van der Waals surface area contributed by atoms with Gasteiger partial charge in [-0.15, -0.1) is 0 Å². The van der Waals surface area contributed by atoms with Gasteiger partial charge in [0, 0.05) is 6.42 Å². The van der Waals surface area contributed by atoms with E-state index in [0.29, 0.717) is 6.42 Å². The van der Waals surface area contributed by atoms with Crippen LogP contribution >= 0.6 is 0 Å². The van der Waals surface area contributed by atoms with Crippen LogP contribution < -0.4 is 5.32 Å². The molecule has 0 fully saturated rings. The second-order valence-corrected chi connectivity index (χ2v) is 14.4. The Balaban J connectivity index is 3.82. The van der Waals surface area contributed by atoms with Crippen molar-refractivity contribution in [1.82, 2.24) is 5.32 Å². The van der Waals surface area contributed by atoms with E-state index in [1.165, 1.54) is 25.7 Å². The van der Waals surface area contributed by atoms with Crippen molar-refractivity contribution in [3.63, 3.8) is 0 Å². The smallest absolute Gasteiger partial charge is 0.220 e. The summed E-state index contributed by atoms with van der Waals surface area (Å²) in [5, 5.41) is 22.9. The van der Waals surface area contributed by atoms with Crippen LogP contribution in [-0.4, -0.2) is 34.9 Å². The summed E-state index contributed by atoms with van der Waals surface area (Å²) in [6.07, 6.45) is 77.8. The Morgan fingerprint density at radius 2 is 0.759 bits per heavy atom. The van der Waals surface area contributed by atoms with E-state index in [4.69, 9.17) is 0 Å². The lowest BCUT2D eigenvalue weighted by atomic mass is 10.1. The first kappa shape index (κ1) is 54.0. The van der Waals surface area contributed by atoms with E-state index in [0.717, 1.165) is 109 Å². The van der Waals surface area contributed by atoms with Crippen molar-refractivity contribution >= 4 is 5.91 Å². The van der Waals surface area contributed by atoms with Crippen LogP contribution in [0.15, 0.2) is 158 Å². The number of allylic oxidation sites excluding steroid dienone is 25. The molecule has 0 aromatic heterocycles. The van der Waals surface area contributed by atoms with Crippen molar-refractivity contribution in [3.8, 4) is 0 Å². The fourth-order valence-electron chi connectivity index (χ4n) is 5.53. The lowest BCUT2D eigenvalue weighted by Crippen LogP contribution is -2.45. The van der Waals surface area contributed by atoms with Crippen molar-refractivity contribution in [1.29, 1.82) is 0 Å². The number of rotatable bonds is 38. The van der Waals surface area contributed by atoms with Crippen molar-refractivity contribution < 1.29 is 15.0 Å². The summed E-state index contributed by atoms with van der Waals surface area (Å²) < 4.78 is 0. The van der Waals surface area contributed by atoms with E-state index in [1.54, 1.807) is 6.08 Å². The molecule has 0 aliphatic heterocycles. The Labute approximate surface area is 356 Å². The molecular formula is C54H83NO3. The standard InChI is InChI=1S/C54H83NO3/c1-3-5-7-9-11-13-15-17-18-19-20-21-22-23-24-25-26-27-28-29-30-31-32-33-34-35-36-38-40-42-44-46-48-50-54(58)55-52(51-56)53(57)49-47-45-43-41-39-37-16-14-12-10-8-6-4-2/h5,7,11-14,17-18,20-21,23-24,26-27,29-30,32-33,35-36,39-42,47,49,52-53,56-57H,3-4,6,8-10,15-16,19,22,25,28,31,34,37-38,43-46,48,50-51H2,1-2H3,(H,55,58)/b7-5-,13-11-,14-12+,18-17-,21-20-,24-23-,27-26-,30-29-,33-32-,36-35-,41-39+,42-40-,49-47+. The number of hydrogen-bond acceptors (Lipinski definition) is 3. The number of unbranched alkanes of at least 4 members (excludes halogenated alkanes) is 7. The Hall–Kier alpha value is -3.99. The van der Waals surface area contributed by atoms with Crippen LogP contribution in [0.5, 0.6) is 0 Å². The minimum Gasteiger partial charge on any atom is -0.394 e. The van der Waals surface area contributed by atoms with E-state index in [2.05, 4.69) is 165 Å². The van der Waals surface area contributed by atoms with Gasteiger partial charge >= 0.3 is 0 Å². The number of aliphatic hydroxyl groups is 2. The monoisotopic (exact) mass is 794 g/mol. The maximum Gasteiger partial charge on any atom is 0.220 e. The highest BCUT2D eigenvalue weighted by Gasteiger charge is 2.17. The van der Waals surface area contributed by atoms with Gasteiger partial charge in [0.2, 0.25) is 5.91 Å². The zero-order chi connectivity index (χ0) is 42.1. The molecule has 0 radical (unpaired) electrons. The summed E-state index contributed by atoms with van der Waals surface area (Å²) >= 11 is 0. The molecular weight excluding hydrogens is 711 g/mol. The number of nitrogens with one attached hydrogen (secondary N) is 1. The van der Waals surface area contributed by atoms with Crippen LogP contribution in [0.1, 0.15) is 155 Å². The molecule has 58 heavy (non-hydrogen) atoms. The number of aliphatic hydroxyl groups excluding tert-OH is 2. The predicted molar refractivity (Wildman–Crippen MR) is 257 cm³/mol. The first-order valence-electron chi connectivity index (χ1n) is 22.7. The second kappa shape index (κ2) is 47.4. The number of hydrogen-bond donors (Lipinski definition) is 3. The molecule has 2 unspecified atom stereocenters. The molecule has 0 aliphatic carbocycles. The number of carbonyl (C=O) groups excluding carboxylic acids is 1. The summed E-state index contributed by atoms with van der Waals surface area (Å²) in [6.45, 7) is 4.10. The summed E-state index contributed by atoms with van der Waals surface area (Å²) in [7, 11) is 0. The van der Waals surface area contributed by atoms with Gasteiger partial charge < -0.3 is 15.5 Å². The summed E-state index contributed by atoms with van der Waals surface area (Å²) in [5.74, 6) is -0.130. The average molecular weight is 794 g/mol. The molecule has 0 rings (SSSR count). The van der Waals surface area contributed by atoms with Crippen molar-refractivity contribution in [3.05, 3.63) is 158 Å². The zero-order valence-electron chi connectivity index (χ0n) is 36.7. The second-order valence-electron chi connectivity index (χ2n) is 14.4. The van der Waals surface area contributed by atoms with Crippen LogP contribution in [0.4, 0.5) is 0 Å².